The van der Waals surface area contributed by atoms with Gasteiger partial charge in [-0.1, -0.05) is 12.1 Å². The Morgan fingerprint density at radius 1 is 1.20 bits per heavy atom. The Labute approximate surface area is 172 Å². The third kappa shape index (κ3) is 3.67. The van der Waals surface area contributed by atoms with E-state index < -0.39 is 30.0 Å². The van der Waals surface area contributed by atoms with Gasteiger partial charge in [-0.3, -0.25) is 14.6 Å². The number of amides is 1. The molecule has 2 heterocycles. The number of carboxylic acids is 1. The van der Waals surface area contributed by atoms with Crippen LogP contribution in [0.5, 0.6) is 5.75 Å². The Kier molecular flexibility index (Phi) is 5.07. The van der Waals surface area contributed by atoms with E-state index in [4.69, 9.17) is 5.11 Å². The van der Waals surface area contributed by atoms with Crippen molar-refractivity contribution in [2.75, 3.05) is 6.54 Å². The third-order valence-electron chi connectivity index (χ3n) is 4.22. The lowest BCUT2D eigenvalue weighted by Crippen LogP contribution is -2.29. The van der Waals surface area contributed by atoms with Crippen molar-refractivity contribution in [2.24, 2.45) is 0 Å². The molecule has 0 saturated heterocycles. The van der Waals surface area contributed by atoms with Gasteiger partial charge in [0.2, 0.25) is 0 Å². The average Bonchev–Trinajstić information content (AvgIpc) is 3.26. The van der Waals surface area contributed by atoms with Crippen LogP contribution in [0.25, 0.3) is 32.9 Å². The molecule has 2 aromatic carbocycles. The lowest BCUT2D eigenvalue weighted by atomic mass is 9.99. The van der Waals surface area contributed by atoms with Crippen LogP contribution in [0.3, 0.4) is 0 Å². The van der Waals surface area contributed by atoms with Gasteiger partial charge in [0.1, 0.15) is 39.9 Å². The van der Waals surface area contributed by atoms with Crippen LogP contribution in [0.4, 0.5) is 4.39 Å². The van der Waals surface area contributed by atoms with Gasteiger partial charge in [-0.15, -0.1) is 11.3 Å². The number of aromatic nitrogens is 3. The number of aromatic hydroxyl groups is 1. The van der Waals surface area contributed by atoms with Crippen molar-refractivity contribution in [1.82, 2.24) is 20.3 Å². The van der Waals surface area contributed by atoms with Gasteiger partial charge in [0.05, 0.1) is 11.7 Å². The molecule has 0 aliphatic heterocycles. The van der Waals surface area contributed by atoms with Crippen LogP contribution >= 0.6 is 11.3 Å². The average molecular weight is 424 g/mol. The van der Waals surface area contributed by atoms with Crippen LogP contribution in [0.2, 0.25) is 0 Å². The summed E-state index contributed by atoms with van der Waals surface area (Å²) in [5.41, 5.74) is 1.05. The molecular formula is C20H13FN4O4S. The van der Waals surface area contributed by atoms with Crippen LogP contribution in [0.15, 0.2) is 48.1 Å². The van der Waals surface area contributed by atoms with E-state index in [1.54, 1.807) is 17.6 Å². The number of aliphatic carboxylic acids is 1. The summed E-state index contributed by atoms with van der Waals surface area (Å²) >= 11 is 1.35. The molecule has 0 unspecified atom stereocenters. The first-order chi connectivity index (χ1) is 14.4. The molecule has 4 rings (SSSR count). The van der Waals surface area contributed by atoms with E-state index in [-0.39, 0.29) is 22.2 Å². The molecule has 150 valence electrons. The van der Waals surface area contributed by atoms with Gasteiger partial charge in [0.15, 0.2) is 0 Å². The number of rotatable bonds is 5. The number of carbonyl (C=O) groups excluding carboxylic acids is 1. The molecule has 0 spiro atoms. The molecule has 3 N–H and O–H groups in total. The normalized spacial score (nSPS) is 10.8. The number of nitrogens with zero attached hydrogens (tertiary/aromatic N) is 3. The molecule has 2 aromatic heterocycles. The number of phenolic OH excluding ortho intramolecular Hbond substituents is 1. The molecule has 0 bridgehead atoms. The molecule has 0 aliphatic carbocycles. The number of phenols is 1. The monoisotopic (exact) mass is 424 g/mol. The van der Waals surface area contributed by atoms with E-state index in [2.05, 4.69) is 20.3 Å². The van der Waals surface area contributed by atoms with E-state index in [1.165, 1.54) is 41.8 Å². The van der Waals surface area contributed by atoms with Crippen molar-refractivity contribution in [2.45, 2.75) is 0 Å². The maximum Gasteiger partial charge on any atom is 0.322 e. The Balaban J connectivity index is 1.95. The van der Waals surface area contributed by atoms with Gasteiger partial charge in [0.25, 0.3) is 5.91 Å². The van der Waals surface area contributed by atoms with Gasteiger partial charge < -0.3 is 15.5 Å². The molecule has 1 amide bonds. The zero-order chi connectivity index (χ0) is 21.3. The number of hydrogen-bond donors (Lipinski definition) is 3. The standard InChI is InChI=1S/C20H13FN4O4S/c21-11-3-1-2-10(6-11)12-7-13-17(16(18(12)28)19(29)24-9-15(26)27)23-8-14(25-13)20-22-4-5-30-20/h1-8,28H,9H2,(H,24,29)(H,26,27). The highest BCUT2D eigenvalue weighted by atomic mass is 32.1. The Morgan fingerprint density at radius 2 is 2.03 bits per heavy atom. The van der Waals surface area contributed by atoms with Crippen molar-refractivity contribution < 1.29 is 24.2 Å². The quantitative estimate of drug-likeness (QED) is 0.449. The number of benzene rings is 2. The summed E-state index contributed by atoms with van der Waals surface area (Å²) in [6, 6.07) is 7.00. The number of hydrogen-bond acceptors (Lipinski definition) is 7. The van der Waals surface area contributed by atoms with E-state index >= 15 is 0 Å². The van der Waals surface area contributed by atoms with Crippen LogP contribution in [-0.4, -0.2) is 43.6 Å². The van der Waals surface area contributed by atoms with Crippen molar-refractivity contribution in [3.63, 3.8) is 0 Å². The predicted molar refractivity (Wildman–Crippen MR) is 108 cm³/mol. The molecule has 0 aliphatic rings. The molecule has 30 heavy (non-hydrogen) atoms. The van der Waals surface area contributed by atoms with Crippen molar-refractivity contribution in [3.05, 3.63) is 59.5 Å². The number of fused-ring (bicyclic) bond motifs is 1. The second-order valence-electron chi connectivity index (χ2n) is 6.19. The van der Waals surface area contributed by atoms with E-state index in [0.717, 1.165) is 0 Å². The van der Waals surface area contributed by atoms with Crippen LogP contribution in [0, 0.1) is 5.82 Å². The van der Waals surface area contributed by atoms with Gasteiger partial charge in [-0.25, -0.2) is 14.4 Å². The van der Waals surface area contributed by atoms with Crippen LogP contribution in [-0.2, 0) is 4.79 Å². The fraction of sp³-hybridized carbons (Fsp3) is 0.0500. The van der Waals surface area contributed by atoms with Gasteiger partial charge in [-0.05, 0) is 23.8 Å². The fourth-order valence-electron chi connectivity index (χ4n) is 2.94. The summed E-state index contributed by atoms with van der Waals surface area (Å²) in [5.74, 6) is -3.06. The lowest BCUT2D eigenvalue weighted by Gasteiger charge is -2.13. The van der Waals surface area contributed by atoms with E-state index in [1.807, 2.05) is 0 Å². The number of nitrogens with one attached hydrogen (secondary N) is 1. The van der Waals surface area contributed by atoms with E-state index in [0.29, 0.717) is 16.3 Å². The number of halogens is 1. The highest BCUT2D eigenvalue weighted by molar-refractivity contribution is 7.13. The van der Waals surface area contributed by atoms with Crippen molar-refractivity contribution in [1.29, 1.82) is 0 Å². The summed E-state index contributed by atoms with van der Waals surface area (Å²) in [4.78, 5) is 36.4. The highest BCUT2D eigenvalue weighted by Gasteiger charge is 2.23. The third-order valence-corrected chi connectivity index (χ3v) is 5.02. The number of carboxylic acid groups (broad SMARTS) is 1. The first-order valence-electron chi connectivity index (χ1n) is 8.62. The maximum absolute atomic E-state index is 13.8. The number of carbonyl (C=O) groups is 2. The zero-order valence-corrected chi connectivity index (χ0v) is 16.0. The molecule has 0 fully saturated rings. The van der Waals surface area contributed by atoms with Crippen LogP contribution in [0.1, 0.15) is 10.4 Å². The molecule has 8 nitrogen and oxygen atoms in total. The summed E-state index contributed by atoms with van der Waals surface area (Å²) in [5, 5.41) is 24.3. The second kappa shape index (κ2) is 7.84. The Bertz CT molecular complexity index is 1280. The van der Waals surface area contributed by atoms with Crippen molar-refractivity contribution in [3.8, 4) is 27.6 Å². The smallest absolute Gasteiger partial charge is 0.322 e. The minimum absolute atomic E-state index is 0.0795. The lowest BCUT2D eigenvalue weighted by molar-refractivity contribution is -0.135. The second-order valence-corrected chi connectivity index (χ2v) is 7.09. The predicted octanol–water partition coefficient (Wildman–Crippen LogP) is 3.08. The van der Waals surface area contributed by atoms with Gasteiger partial charge in [0, 0.05) is 17.1 Å². The first-order valence-corrected chi connectivity index (χ1v) is 9.50. The molecule has 0 saturated carbocycles. The first kappa shape index (κ1) is 19.4. The summed E-state index contributed by atoms with van der Waals surface area (Å²) in [7, 11) is 0. The minimum Gasteiger partial charge on any atom is -0.506 e. The van der Waals surface area contributed by atoms with Gasteiger partial charge >= 0.3 is 5.97 Å². The summed E-state index contributed by atoms with van der Waals surface area (Å²) in [6.45, 7) is -0.644. The van der Waals surface area contributed by atoms with E-state index in [9.17, 15) is 19.1 Å². The van der Waals surface area contributed by atoms with Gasteiger partial charge in [-0.2, -0.15) is 0 Å². The highest BCUT2D eigenvalue weighted by Crippen LogP contribution is 2.37. The number of thiazole rings is 1. The molecule has 0 atom stereocenters. The molecule has 0 radical (unpaired) electrons. The van der Waals surface area contributed by atoms with Crippen LogP contribution < -0.4 is 5.32 Å². The topological polar surface area (TPSA) is 125 Å². The maximum atomic E-state index is 13.8. The summed E-state index contributed by atoms with van der Waals surface area (Å²) < 4.78 is 13.8. The molecule has 4 aromatic rings. The van der Waals surface area contributed by atoms with Crippen molar-refractivity contribution >= 4 is 34.2 Å². The zero-order valence-electron chi connectivity index (χ0n) is 15.2. The Hall–Kier alpha value is -3.92. The summed E-state index contributed by atoms with van der Waals surface area (Å²) in [6.07, 6.45) is 3.03. The fourth-order valence-corrected chi connectivity index (χ4v) is 3.53. The SMILES string of the molecule is O=C(O)CNC(=O)c1c(O)c(-c2cccc(F)c2)cc2nc(-c3nccs3)cnc12. The largest absolute Gasteiger partial charge is 0.506 e. The minimum atomic E-state index is -1.24. The molecule has 10 heteroatoms. The Morgan fingerprint density at radius 3 is 2.73 bits per heavy atom. The molecular weight excluding hydrogens is 411 g/mol.